The second kappa shape index (κ2) is 4.33. The van der Waals surface area contributed by atoms with E-state index in [1.54, 1.807) is 0 Å². The van der Waals surface area contributed by atoms with E-state index in [4.69, 9.17) is 5.73 Å². The number of pyridine rings is 1. The second-order valence-corrected chi connectivity index (χ2v) is 4.53. The molecule has 80 valence electrons. The number of halogens is 1. The number of imidazole rings is 1. The summed E-state index contributed by atoms with van der Waals surface area (Å²) in [5.74, 6) is 0. The quantitative estimate of drug-likeness (QED) is 0.928. The maximum atomic E-state index is 5.53. The lowest BCUT2D eigenvalue weighted by Gasteiger charge is -2.02. The average molecular weight is 268 g/mol. The lowest BCUT2D eigenvalue weighted by Crippen LogP contribution is -2.03. The highest BCUT2D eigenvalue weighted by Gasteiger charge is 2.07. The first-order chi connectivity index (χ1) is 7.22. The van der Waals surface area contributed by atoms with Gasteiger partial charge in [0.15, 0.2) is 0 Å². The Balaban J connectivity index is 2.50. The molecule has 2 rings (SSSR count). The van der Waals surface area contributed by atoms with Gasteiger partial charge in [0, 0.05) is 16.4 Å². The Labute approximate surface area is 97.4 Å². The highest BCUT2D eigenvalue weighted by Crippen LogP contribution is 2.17. The molecule has 0 aliphatic heterocycles. The van der Waals surface area contributed by atoms with Crippen molar-refractivity contribution in [1.29, 1.82) is 0 Å². The number of hydrogen-bond donors (Lipinski definition) is 1. The van der Waals surface area contributed by atoms with Crippen LogP contribution in [0, 0.1) is 6.92 Å². The predicted octanol–water partition coefficient (Wildman–Crippen LogP) is 2.30. The van der Waals surface area contributed by atoms with Gasteiger partial charge in [-0.05, 0) is 54.4 Å². The van der Waals surface area contributed by atoms with Crippen molar-refractivity contribution in [3.05, 3.63) is 34.2 Å². The molecule has 2 heterocycles. The number of nitrogens with two attached hydrogens (primary N) is 1. The van der Waals surface area contributed by atoms with Gasteiger partial charge in [0.2, 0.25) is 0 Å². The molecule has 0 saturated carbocycles. The lowest BCUT2D eigenvalue weighted by atomic mass is 10.2. The monoisotopic (exact) mass is 267 g/mol. The normalized spacial score (nSPS) is 11.1. The van der Waals surface area contributed by atoms with Gasteiger partial charge in [-0.1, -0.05) is 0 Å². The summed E-state index contributed by atoms with van der Waals surface area (Å²) in [5, 5.41) is 0. The van der Waals surface area contributed by atoms with Crippen molar-refractivity contribution in [2.75, 3.05) is 6.54 Å². The van der Waals surface area contributed by atoms with Crippen molar-refractivity contribution >= 4 is 21.6 Å². The van der Waals surface area contributed by atoms with Gasteiger partial charge in [0.05, 0.1) is 5.69 Å². The van der Waals surface area contributed by atoms with Gasteiger partial charge < -0.3 is 10.1 Å². The molecule has 0 aromatic carbocycles. The highest BCUT2D eigenvalue weighted by atomic mass is 79.9. The second-order valence-electron chi connectivity index (χ2n) is 3.61. The molecule has 0 atom stereocenters. The molecule has 2 N–H and O–H groups in total. The molecule has 2 aromatic rings. The van der Waals surface area contributed by atoms with Crippen LogP contribution in [0.2, 0.25) is 0 Å². The molecule has 15 heavy (non-hydrogen) atoms. The third-order valence-electron chi connectivity index (χ3n) is 2.50. The fraction of sp³-hybridized carbons (Fsp3) is 0.364. The smallest absolute Gasteiger partial charge is 0.137 e. The summed E-state index contributed by atoms with van der Waals surface area (Å²) in [6.07, 6.45) is 4.04. The summed E-state index contributed by atoms with van der Waals surface area (Å²) in [7, 11) is 0. The van der Waals surface area contributed by atoms with Gasteiger partial charge in [-0.15, -0.1) is 0 Å². The number of rotatable bonds is 3. The zero-order chi connectivity index (χ0) is 10.8. The van der Waals surface area contributed by atoms with Gasteiger partial charge in [-0.2, -0.15) is 0 Å². The van der Waals surface area contributed by atoms with Gasteiger partial charge in [-0.25, -0.2) is 4.98 Å². The Morgan fingerprint density at radius 2 is 2.27 bits per heavy atom. The lowest BCUT2D eigenvalue weighted by molar-refractivity contribution is 0.796. The predicted molar refractivity (Wildman–Crippen MR) is 65.0 cm³/mol. The van der Waals surface area contributed by atoms with Crippen LogP contribution in [-0.4, -0.2) is 15.9 Å². The van der Waals surface area contributed by atoms with Crippen molar-refractivity contribution < 1.29 is 0 Å². The number of hydrogen-bond acceptors (Lipinski definition) is 2. The van der Waals surface area contributed by atoms with E-state index in [0.29, 0.717) is 0 Å². The zero-order valence-corrected chi connectivity index (χ0v) is 10.3. The van der Waals surface area contributed by atoms with E-state index in [2.05, 4.69) is 31.5 Å². The molecule has 2 aromatic heterocycles. The fourth-order valence-electron chi connectivity index (χ4n) is 1.76. The van der Waals surface area contributed by atoms with E-state index in [0.717, 1.165) is 35.2 Å². The topological polar surface area (TPSA) is 43.3 Å². The van der Waals surface area contributed by atoms with Gasteiger partial charge in [-0.3, -0.25) is 0 Å². The molecule has 0 aliphatic carbocycles. The number of fused-ring (bicyclic) bond motifs is 1. The molecule has 0 fully saturated rings. The third-order valence-corrected chi connectivity index (χ3v) is 2.97. The molecule has 0 spiro atoms. The first-order valence-electron chi connectivity index (χ1n) is 5.05. The van der Waals surface area contributed by atoms with Crippen molar-refractivity contribution in [2.45, 2.75) is 19.8 Å². The summed E-state index contributed by atoms with van der Waals surface area (Å²) in [4.78, 5) is 4.51. The van der Waals surface area contributed by atoms with Crippen LogP contribution in [0.5, 0.6) is 0 Å². The van der Waals surface area contributed by atoms with Crippen molar-refractivity contribution in [1.82, 2.24) is 9.38 Å². The van der Waals surface area contributed by atoms with Gasteiger partial charge in [0.25, 0.3) is 0 Å². The molecule has 0 bridgehead atoms. The van der Waals surface area contributed by atoms with E-state index < -0.39 is 0 Å². The zero-order valence-electron chi connectivity index (χ0n) is 8.70. The molecule has 0 radical (unpaired) electrons. The minimum absolute atomic E-state index is 0.723. The van der Waals surface area contributed by atoms with E-state index in [9.17, 15) is 0 Å². The largest absolute Gasteiger partial charge is 0.330 e. The molecule has 3 nitrogen and oxygen atoms in total. The number of nitrogens with zero attached hydrogens (tertiary/aromatic N) is 2. The van der Waals surface area contributed by atoms with Crippen molar-refractivity contribution in [2.24, 2.45) is 5.73 Å². The van der Waals surface area contributed by atoms with Crippen molar-refractivity contribution in [3.8, 4) is 0 Å². The summed E-state index contributed by atoms with van der Waals surface area (Å²) in [5.41, 5.74) is 8.89. The Bertz CT molecular complexity index is 476. The standard InChI is InChI=1S/C11H14BrN3/c1-8-10(3-2-6-13)15-7-9(12)4-5-11(15)14-8/h4-5,7H,2-3,6,13H2,1H3. The Morgan fingerprint density at radius 1 is 1.47 bits per heavy atom. The minimum Gasteiger partial charge on any atom is -0.330 e. The van der Waals surface area contributed by atoms with Crippen LogP contribution in [0.3, 0.4) is 0 Å². The van der Waals surface area contributed by atoms with Gasteiger partial charge >= 0.3 is 0 Å². The third kappa shape index (κ3) is 2.06. The molecular weight excluding hydrogens is 254 g/mol. The summed E-state index contributed by atoms with van der Waals surface area (Å²) in [6, 6.07) is 4.03. The molecule has 0 unspecified atom stereocenters. The Morgan fingerprint density at radius 3 is 3.00 bits per heavy atom. The maximum Gasteiger partial charge on any atom is 0.137 e. The van der Waals surface area contributed by atoms with Crippen LogP contribution >= 0.6 is 15.9 Å². The van der Waals surface area contributed by atoms with E-state index in [1.807, 2.05) is 19.1 Å². The van der Waals surface area contributed by atoms with Crippen molar-refractivity contribution in [3.63, 3.8) is 0 Å². The van der Waals surface area contributed by atoms with E-state index in [-0.39, 0.29) is 0 Å². The first kappa shape index (κ1) is 10.6. The SMILES string of the molecule is Cc1nc2ccc(Br)cn2c1CCCN. The van der Waals surface area contributed by atoms with Crippen LogP contribution < -0.4 is 5.73 Å². The summed E-state index contributed by atoms with van der Waals surface area (Å²) < 4.78 is 3.20. The fourth-order valence-corrected chi connectivity index (χ4v) is 2.09. The minimum atomic E-state index is 0.723. The molecule has 0 saturated heterocycles. The summed E-state index contributed by atoms with van der Waals surface area (Å²) in [6.45, 7) is 2.77. The molecule has 4 heteroatoms. The molecule has 0 aliphatic rings. The van der Waals surface area contributed by atoms with Gasteiger partial charge in [0.1, 0.15) is 5.65 Å². The number of aromatic nitrogens is 2. The van der Waals surface area contributed by atoms with Crippen LogP contribution in [0.4, 0.5) is 0 Å². The van der Waals surface area contributed by atoms with Crippen LogP contribution in [0.1, 0.15) is 17.8 Å². The van der Waals surface area contributed by atoms with Crippen LogP contribution in [0.25, 0.3) is 5.65 Å². The number of aryl methyl sites for hydroxylation is 2. The molecular formula is C11H14BrN3. The average Bonchev–Trinajstić information content (AvgIpc) is 2.51. The maximum absolute atomic E-state index is 5.53. The van der Waals surface area contributed by atoms with E-state index in [1.165, 1.54) is 5.69 Å². The first-order valence-corrected chi connectivity index (χ1v) is 5.85. The summed E-state index contributed by atoms with van der Waals surface area (Å²) >= 11 is 3.47. The van der Waals surface area contributed by atoms with E-state index >= 15 is 0 Å². The highest BCUT2D eigenvalue weighted by molar-refractivity contribution is 9.10. The molecule has 0 amide bonds. The Hall–Kier alpha value is -0.870. The van der Waals surface area contributed by atoms with Crippen LogP contribution in [-0.2, 0) is 6.42 Å². The Kier molecular flexibility index (Phi) is 3.07. The van der Waals surface area contributed by atoms with Crippen LogP contribution in [0.15, 0.2) is 22.8 Å².